The maximum absolute atomic E-state index is 12.0. The number of carbonyl (C=O) groups excluding carboxylic acids is 1. The summed E-state index contributed by atoms with van der Waals surface area (Å²) in [6.07, 6.45) is 3.62. The molecule has 1 aromatic rings. The van der Waals surface area contributed by atoms with E-state index in [1.807, 2.05) is 0 Å². The maximum Gasteiger partial charge on any atom is 0.269 e. The average molecular weight is 314 g/mol. The van der Waals surface area contributed by atoms with Crippen LogP contribution in [0, 0.1) is 16.0 Å². The molecule has 0 heterocycles. The topological polar surface area (TPSA) is 98.3 Å². The van der Waals surface area contributed by atoms with Gasteiger partial charge in [-0.15, -0.1) is 12.4 Å². The van der Waals surface area contributed by atoms with E-state index in [-0.39, 0.29) is 36.0 Å². The van der Waals surface area contributed by atoms with Crippen molar-refractivity contribution in [3.8, 4) is 0 Å². The molecule has 2 atom stereocenters. The van der Waals surface area contributed by atoms with Crippen molar-refractivity contribution >= 4 is 24.0 Å². The molecular formula is C14H20ClN3O3. The van der Waals surface area contributed by atoms with Crippen LogP contribution in [0.1, 0.15) is 31.2 Å². The van der Waals surface area contributed by atoms with Crippen LogP contribution < -0.4 is 11.1 Å². The fraction of sp³-hybridized carbons (Fsp3) is 0.500. The number of nitro groups is 1. The van der Waals surface area contributed by atoms with Gasteiger partial charge in [0.05, 0.1) is 4.92 Å². The van der Waals surface area contributed by atoms with Crippen LogP contribution in [0.3, 0.4) is 0 Å². The number of hydrogen-bond acceptors (Lipinski definition) is 4. The van der Waals surface area contributed by atoms with E-state index in [4.69, 9.17) is 5.73 Å². The van der Waals surface area contributed by atoms with Crippen LogP contribution in [-0.4, -0.2) is 16.9 Å². The van der Waals surface area contributed by atoms with Crippen LogP contribution in [0.15, 0.2) is 24.3 Å². The van der Waals surface area contributed by atoms with Gasteiger partial charge in [-0.3, -0.25) is 14.9 Å². The summed E-state index contributed by atoms with van der Waals surface area (Å²) in [6, 6.07) is 6.32. The smallest absolute Gasteiger partial charge is 0.269 e. The molecule has 0 bridgehead atoms. The van der Waals surface area contributed by atoms with Crippen molar-refractivity contribution in [2.45, 2.75) is 38.3 Å². The second-order valence-corrected chi connectivity index (χ2v) is 5.26. The van der Waals surface area contributed by atoms with Crippen molar-refractivity contribution in [3.63, 3.8) is 0 Å². The number of nitrogens with zero attached hydrogens (tertiary/aromatic N) is 1. The number of rotatable bonds is 4. The summed E-state index contributed by atoms with van der Waals surface area (Å²) in [6.45, 7) is 0.391. The fourth-order valence-corrected chi connectivity index (χ4v) is 2.53. The second kappa shape index (κ2) is 7.95. The Morgan fingerprint density at radius 3 is 2.57 bits per heavy atom. The third-order valence-electron chi connectivity index (χ3n) is 3.70. The number of carbonyl (C=O) groups is 1. The molecule has 6 nitrogen and oxygen atoms in total. The van der Waals surface area contributed by atoms with Crippen LogP contribution in [0.2, 0.25) is 0 Å². The minimum Gasteiger partial charge on any atom is -0.352 e. The molecule has 116 valence electrons. The molecule has 1 aromatic carbocycles. The third-order valence-corrected chi connectivity index (χ3v) is 3.70. The number of non-ortho nitro benzene ring substituents is 1. The van der Waals surface area contributed by atoms with Gasteiger partial charge in [0.25, 0.3) is 5.69 Å². The summed E-state index contributed by atoms with van der Waals surface area (Å²) in [7, 11) is 0. The van der Waals surface area contributed by atoms with E-state index in [2.05, 4.69) is 5.32 Å². The zero-order valence-corrected chi connectivity index (χ0v) is 12.5. The lowest BCUT2D eigenvalue weighted by atomic mass is 9.85. The molecule has 0 saturated heterocycles. The molecule has 0 radical (unpaired) electrons. The number of amides is 1. The zero-order valence-electron chi connectivity index (χ0n) is 11.7. The fourth-order valence-electron chi connectivity index (χ4n) is 2.53. The quantitative estimate of drug-likeness (QED) is 0.657. The zero-order chi connectivity index (χ0) is 14.5. The van der Waals surface area contributed by atoms with Gasteiger partial charge in [-0.05, 0) is 24.8 Å². The van der Waals surface area contributed by atoms with Crippen molar-refractivity contribution in [3.05, 3.63) is 39.9 Å². The molecule has 3 N–H and O–H groups in total. The monoisotopic (exact) mass is 313 g/mol. The predicted octanol–water partition coefficient (Wildman–Crippen LogP) is 2.15. The first kappa shape index (κ1) is 17.4. The molecular weight excluding hydrogens is 294 g/mol. The van der Waals surface area contributed by atoms with E-state index < -0.39 is 4.92 Å². The molecule has 2 unspecified atom stereocenters. The van der Waals surface area contributed by atoms with E-state index in [1.165, 1.54) is 12.1 Å². The first-order valence-electron chi connectivity index (χ1n) is 6.83. The lowest BCUT2D eigenvalue weighted by Gasteiger charge is -2.25. The number of nitro benzene ring substituents is 1. The van der Waals surface area contributed by atoms with Gasteiger partial charge in [-0.1, -0.05) is 18.6 Å². The van der Waals surface area contributed by atoms with Crippen LogP contribution >= 0.6 is 12.4 Å². The Kier molecular flexibility index (Phi) is 6.58. The largest absolute Gasteiger partial charge is 0.352 e. The Balaban J connectivity index is 0.00000220. The lowest BCUT2D eigenvalue weighted by Crippen LogP contribution is -2.37. The van der Waals surface area contributed by atoms with Gasteiger partial charge in [0, 0.05) is 30.6 Å². The summed E-state index contributed by atoms with van der Waals surface area (Å²) in [4.78, 5) is 22.1. The van der Waals surface area contributed by atoms with Gasteiger partial charge in [0.1, 0.15) is 0 Å². The van der Waals surface area contributed by atoms with Crippen molar-refractivity contribution in [1.29, 1.82) is 0 Å². The van der Waals surface area contributed by atoms with Gasteiger partial charge in [0.2, 0.25) is 5.91 Å². The van der Waals surface area contributed by atoms with Crippen LogP contribution in [-0.2, 0) is 11.3 Å². The molecule has 1 amide bonds. The van der Waals surface area contributed by atoms with E-state index in [9.17, 15) is 14.9 Å². The summed E-state index contributed by atoms with van der Waals surface area (Å²) in [5.74, 6) is 0.0234. The summed E-state index contributed by atoms with van der Waals surface area (Å²) in [5.41, 5.74) is 6.78. The van der Waals surface area contributed by atoms with Gasteiger partial charge in [-0.2, -0.15) is 0 Å². The molecule has 0 spiro atoms. The maximum atomic E-state index is 12.0. The average Bonchev–Trinajstić information content (AvgIpc) is 2.45. The third kappa shape index (κ3) is 4.99. The molecule has 1 fully saturated rings. The Morgan fingerprint density at radius 1 is 1.33 bits per heavy atom. The first-order valence-corrected chi connectivity index (χ1v) is 6.83. The number of nitrogens with two attached hydrogens (primary N) is 1. The van der Waals surface area contributed by atoms with Gasteiger partial charge >= 0.3 is 0 Å². The Hall–Kier alpha value is -1.66. The highest BCUT2D eigenvalue weighted by Crippen LogP contribution is 2.23. The molecule has 7 heteroatoms. The van der Waals surface area contributed by atoms with Crippen LogP contribution in [0.5, 0.6) is 0 Å². The van der Waals surface area contributed by atoms with Crippen LogP contribution in [0.25, 0.3) is 0 Å². The molecule has 2 rings (SSSR count). The summed E-state index contributed by atoms with van der Waals surface area (Å²) < 4.78 is 0. The normalized spacial score (nSPS) is 21.2. The van der Waals surface area contributed by atoms with Gasteiger partial charge < -0.3 is 11.1 Å². The molecule has 1 aliphatic rings. The first-order chi connectivity index (χ1) is 9.56. The standard InChI is InChI=1S/C14H19N3O3.ClH/c15-12-3-1-2-11(8-12)14(18)16-9-10-4-6-13(7-5-10)17(19)20;/h4-7,11-12H,1-3,8-9,15H2,(H,16,18);1H. The van der Waals surface area contributed by atoms with Gasteiger partial charge in [0.15, 0.2) is 0 Å². The summed E-state index contributed by atoms with van der Waals surface area (Å²) in [5, 5.41) is 13.4. The molecule has 0 aliphatic heterocycles. The minimum atomic E-state index is -0.439. The highest BCUT2D eigenvalue weighted by molar-refractivity contribution is 5.85. The molecule has 0 aromatic heterocycles. The molecule has 1 aliphatic carbocycles. The van der Waals surface area contributed by atoms with Gasteiger partial charge in [-0.25, -0.2) is 0 Å². The SMILES string of the molecule is Cl.NC1CCCC(C(=O)NCc2ccc([N+](=O)[O-])cc2)C1. The van der Waals surface area contributed by atoms with Crippen molar-refractivity contribution in [2.24, 2.45) is 11.7 Å². The minimum absolute atomic E-state index is 0. The Bertz CT molecular complexity index is 493. The van der Waals surface area contributed by atoms with Crippen LogP contribution in [0.4, 0.5) is 5.69 Å². The van der Waals surface area contributed by atoms with E-state index in [0.29, 0.717) is 6.54 Å². The van der Waals surface area contributed by atoms with Crippen molar-refractivity contribution in [1.82, 2.24) is 5.32 Å². The van der Waals surface area contributed by atoms with E-state index in [0.717, 1.165) is 31.2 Å². The highest BCUT2D eigenvalue weighted by Gasteiger charge is 2.24. The number of hydrogen-bond donors (Lipinski definition) is 2. The number of nitrogens with one attached hydrogen (secondary N) is 1. The van der Waals surface area contributed by atoms with Crippen molar-refractivity contribution in [2.75, 3.05) is 0 Å². The van der Waals surface area contributed by atoms with E-state index in [1.54, 1.807) is 12.1 Å². The molecule has 21 heavy (non-hydrogen) atoms. The Labute approximate surface area is 129 Å². The lowest BCUT2D eigenvalue weighted by molar-refractivity contribution is -0.384. The Morgan fingerprint density at radius 2 is 2.00 bits per heavy atom. The highest BCUT2D eigenvalue weighted by atomic mass is 35.5. The van der Waals surface area contributed by atoms with E-state index >= 15 is 0 Å². The van der Waals surface area contributed by atoms with Crippen molar-refractivity contribution < 1.29 is 9.72 Å². The second-order valence-electron chi connectivity index (χ2n) is 5.26. The molecule has 1 saturated carbocycles. The predicted molar refractivity (Wildman–Crippen MR) is 82.1 cm³/mol. The number of benzene rings is 1. The summed E-state index contributed by atoms with van der Waals surface area (Å²) >= 11 is 0. The number of halogens is 1.